The van der Waals surface area contributed by atoms with Gasteiger partial charge in [-0.05, 0) is 57.0 Å². The molecule has 2 aromatic rings. The van der Waals surface area contributed by atoms with Gasteiger partial charge in [0.25, 0.3) is 5.91 Å². The third kappa shape index (κ3) is 7.32. The molecule has 0 saturated heterocycles. The average molecular weight is 358 g/mol. The fourth-order valence-electron chi connectivity index (χ4n) is 2.25. The minimum atomic E-state index is -0.0257. The van der Waals surface area contributed by atoms with Gasteiger partial charge >= 0.3 is 0 Å². The molecule has 1 N–H and O–H groups in total. The minimum absolute atomic E-state index is 0.0257. The van der Waals surface area contributed by atoms with E-state index in [0.29, 0.717) is 18.7 Å². The van der Waals surface area contributed by atoms with Crippen LogP contribution in [0.1, 0.15) is 41.8 Å². The number of aryl methyl sites for hydroxylation is 1. The highest BCUT2D eigenvalue weighted by atomic mass is 32.2. The minimum Gasteiger partial charge on any atom is -0.379 e. The van der Waals surface area contributed by atoms with Crippen LogP contribution in [-0.2, 0) is 10.5 Å². The second-order valence-electron chi connectivity index (χ2n) is 6.33. The van der Waals surface area contributed by atoms with Gasteiger partial charge in [0.2, 0.25) is 0 Å². The molecule has 0 heterocycles. The first-order valence-corrected chi connectivity index (χ1v) is 9.71. The summed E-state index contributed by atoms with van der Waals surface area (Å²) < 4.78 is 5.46. The van der Waals surface area contributed by atoms with Crippen LogP contribution >= 0.6 is 11.8 Å². The maximum Gasteiger partial charge on any atom is 0.251 e. The molecule has 134 valence electrons. The summed E-state index contributed by atoms with van der Waals surface area (Å²) in [5, 5.41) is 2.93. The van der Waals surface area contributed by atoms with E-state index in [1.807, 2.05) is 38.1 Å². The van der Waals surface area contributed by atoms with E-state index in [4.69, 9.17) is 4.74 Å². The van der Waals surface area contributed by atoms with Crippen LogP contribution in [0.15, 0.2) is 53.4 Å². The Morgan fingerprint density at radius 1 is 1.08 bits per heavy atom. The Balaban J connectivity index is 1.74. The zero-order valence-corrected chi connectivity index (χ0v) is 16.1. The molecule has 0 bridgehead atoms. The summed E-state index contributed by atoms with van der Waals surface area (Å²) in [5.74, 6) is 0.875. The Kier molecular flexibility index (Phi) is 8.02. The second-order valence-corrected chi connectivity index (χ2v) is 7.38. The molecule has 0 aromatic heterocycles. The molecule has 25 heavy (non-hydrogen) atoms. The van der Waals surface area contributed by atoms with Crippen LogP contribution in [0.25, 0.3) is 0 Å². The molecular formula is C21H27NO2S. The molecule has 2 aromatic carbocycles. The van der Waals surface area contributed by atoms with E-state index >= 15 is 0 Å². The number of hydrogen-bond acceptors (Lipinski definition) is 3. The fraction of sp³-hybridized carbons (Fsp3) is 0.381. The van der Waals surface area contributed by atoms with E-state index < -0.39 is 0 Å². The lowest BCUT2D eigenvalue weighted by Crippen LogP contribution is -2.25. The number of benzene rings is 2. The standard InChI is InChI=1S/C21H27NO2S/c1-16(2)24-14-4-13-22-21(23)19-9-7-18(8-10-19)15-25-20-11-5-17(3)6-12-20/h5-12,16H,4,13-15H2,1-3H3,(H,22,23). The highest BCUT2D eigenvalue weighted by molar-refractivity contribution is 7.98. The Labute approximate surface area is 155 Å². The summed E-state index contributed by atoms with van der Waals surface area (Å²) in [5.41, 5.74) is 3.19. The van der Waals surface area contributed by atoms with Crippen molar-refractivity contribution in [2.24, 2.45) is 0 Å². The molecule has 0 fully saturated rings. The van der Waals surface area contributed by atoms with Gasteiger partial charge in [0.15, 0.2) is 0 Å². The van der Waals surface area contributed by atoms with Crippen molar-refractivity contribution >= 4 is 17.7 Å². The first-order chi connectivity index (χ1) is 12.0. The van der Waals surface area contributed by atoms with Crippen molar-refractivity contribution in [1.82, 2.24) is 5.32 Å². The molecule has 0 atom stereocenters. The van der Waals surface area contributed by atoms with Gasteiger partial charge in [0.05, 0.1) is 6.10 Å². The van der Waals surface area contributed by atoms with Crippen molar-refractivity contribution in [3.8, 4) is 0 Å². The van der Waals surface area contributed by atoms with Crippen molar-refractivity contribution in [3.05, 3.63) is 65.2 Å². The number of rotatable bonds is 9. The number of carbonyl (C=O) groups excluding carboxylic acids is 1. The van der Waals surface area contributed by atoms with Gasteiger partial charge in [0.1, 0.15) is 0 Å². The number of nitrogens with one attached hydrogen (secondary N) is 1. The topological polar surface area (TPSA) is 38.3 Å². The second kappa shape index (κ2) is 10.3. The molecule has 1 amide bonds. The first kappa shape index (κ1) is 19.5. The highest BCUT2D eigenvalue weighted by Crippen LogP contribution is 2.23. The van der Waals surface area contributed by atoms with Crippen molar-refractivity contribution in [2.45, 2.75) is 43.9 Å². The lowest BCUT2D eigenvalue weighted by Gasteiger charge is -2.09. The number of thioether (sulfide) groups is 1. The van der Waals surface area contributed by atoms with Crippen LogP contribution < -0.4 is 5.32 Å². The Morgan fingerprint density at radius 3 is 2.40 bits per heavy atom. The van der Waals surface area contributed by atoms with Gasteiger partial charge in [-0.3, -0.25) is 4.79 Å². The number of hydrogen-bond donors (Lipinski definition) is 1. The average Bonchev–Trinajstić information content (AvgIpc) is 2.61. The summed E-state index contributed by atoms with van der Waals surface area (Å²) >= 11 is 1.80. The fourth-order valence-corrected chi connectivity index (χ4v) is 3.10. The number of ether oxygens (including phenoxy) is 1. The van der Waals surface area contributed by atoms with Gasteiger partial charge in [-0.25, -0.2) is 0 Å². The summed E-state index contributed by atoms with van der Waals surface area (Å²) in [6.07, 6.45) is 1.07. The molecule has 0 unspecified atom stereocenters. The van der Waals surface area contributed by atoms with Crippen LogP contribution in [0.3, 0.4) is 0 Å². The smallest absolute Gasteiger partial charge is 0.251 e. The van der Waals surface area contributed by atoms with E-state index in [9.17, 15) is 4.79 Å². The van der Waals surface area contributed by atoms with Crippen LogP contribution in [0.4, 0.5) is 0 Å². The highest BCUT2D eigenvalue weighted by Gasteiger charge is 2.05. The summed E-state index contributed by atoms with van der Waals surface area (Å²) in [7, 11) is 0. The maximum atomic E-state index is 12.1. The zero-order valence-electron chi connectivity index (χ0n) is 15.2. The van der Waals surface area contributed by atoms with Crippen molar-refractivity contribution in [3.63, 3.8) is 0 Å². The third-order valence-corrected chi connectivity index (χ3v) is 4.78. The molecule has 0 saturated carbocycles. The van der Waals surface area contributed by atoms with Crippen LogP contribution in [0, 0.1) is 6.92 Å². The van der Waals surface area contributed by atoms with Crippen LogP contribution in [0.5, 0.6) is 0 Å². The van der Waals surface area contributed by atoms with Gasteiger partial charge in [-0.1, -0.05) is 29.8 Å². The number of amides is 1. The maximum absolute atomic E-state index is 12.1. The molecule has 0 aliphatic carbocycles. The molecule has 0 aliphatic rings. The lowest BCUT2D eigenvalue weighted by molar-refractivity contribution is 0.0757. The van der Waals surface area contributed by atoms with Crippen molar-refractivity contribution in [1.29, 1.82) is 0 Å². The normalized spacial score (nSPS) is 10.9. The van der Waals surface area contributed by atoms with Gasteiger partial charge in [-0.15, -0.1) is 11.8 Å². The van der Waals surface area contributed by atoms with E-state index in [1.54, 1.807) is 11.8 Å². The van der Waals surface area contributed by atoms with Gasteiger partial charge < -0.3 is 10.1 Å². The summed E-state index contributed by atoms with van der Waals surface area (Å²) in [6, 6.07) is 16.4. The Morgan fingerprint density at radius 2 is 1.76 bits per heavy atom. The molecule has 0 aliphatic heterocycles. The molecular weight excluding hydrogens is 330 g/mol. The molecule has 0 radical (unpaired) electrons. The van der Waals surface area contributed by atoms with Crippen LogP contribution in [0.2, 0.25) is 0 Å². The quantitative estimate of drug-likeness (QED) is 0.516. The zero-order chi connectivity index (χ0) is 18.1. The molecule has 4 heteroatoms. The van der Waals surface area contributed by atoms with Crippen molar-refractivity contribution in [2.75, 3.05) is 13.2 Å². The predicted octanol–water partition coefficient (Wildman–Crippen LogP) is 4.83. The summed E-state index contributed by atoms with van der Waals surface area (Å²) in [4.78, 5) is 13.4. The van der Waals surface area contributed by atoms with E-state index in [0.717, 1.165) is 12.2 Å². The van der Waals surface area contributed by atoms with E-state index in [2.05, 4.69) is 36.5 Å². The van der Waals surface area contributed by atoms with E-state index in [1.165, 1.54) is 16.0 Å². The first-order valence-electron chi connectivity index (χ1n) is 8.73. The molecule has 2 rings (SSSR count). The van der Waals surface area contributed by atoms with Crippen LogP contribution in [-0.4, -0.2) is 25.2 Å². The third-order valence-electron chi connectivity index (χ3n) is 3.70. The lowest BCUT2D eigenvalue weighted by atomic mass is 10.1. The molecule has 0 spiro atoms. The van der Waals surface area contributed by atoms with Crippen molar-refractivity contribution < 1.29 is 9.53 Å². The Bertz CT molecular complexity index is 651. The predicted molar refractivity (Wildman–Crippen MR) is 105 cm³/mol. The van der Waals surface area contributed by atoms with Gasteiger partial charge in [0, 0.05) is 29.4 Å². The van der Waals surface area contributed by atoms with E-state index in [-0.39, 0.29) is 12.0 Å². The summed E-state index contributed by atoms with van der Waals surface area (Å²) in [6.45, 7) is 7.42. The molecule has 3 nitrogen and oxygen atoms in total. The monoisotopic (exact) mass is 357 g/mol. The Hall–Kier alpha value is -1.78. The largest absolute Gasteiger partial charge is 0.379 e. The number of carbonyl (C=O) groups is 1. The van der Waals surface area contributed by atoms with Gasteiger partial charge in [-0.2, -0.15) is 0 Å². The SMILES string of the molecule is Cc1ccc(SCc2ccc(C(=O)NCCCOC(C)C)cc2)cc1.